The van der Waals surface area contributed by atoms with Crippen LogP contribution >= 0.6 is 0 Å². The molecule has 2 N–H and O–H groups in total. The minimum Gasteiger partial charge on any atom is -0.348 e. The molecule has 8 nitrogen and oxygen atoms in total. The molecule has 3 aromatic rings. The number of hydrogen-bond donors (Lipinski definition) is 2. The number of amides is 1. The molecule has 0 aliphatic carbocycles. The summed E-state index contributed by atoms with van der Waals surface area (Å²) in [4.78, 5) is 16.9. The Kier molecular flexibility index (Phi) is 5.04. The van der Waals surface area contributed by atoms with E-state index >= 15 is 0 Å². The minimum absolute atomic E-state index is 0.0943. The number of nitrogens with one attached hydrogen (secondary N) is 2. The van der Waals surface area contributed by atoms with Crippen LogP contribution in [-0.2, 0) is 16.6 Å². The monoisotopic (exact) mass is 439 g/mol. The van der Waals surface area contributed by atoms with Crippen LogP contribution in [0.15, 0.2) is 59.9 Å². The Hall–Kier alpha value is -2.75. The smallest absolute Gasteiger partial charge is 0.253 e. The highest BCUT2D eigenvalue weighted by Crippen LogP contribution is 2.38. The highest BCUT2D eigenvalue weighted by atomic mass is 32.2. The maximum absolute atomic E-state index is 13.1. The summed E-state index contributed by atoms with van der Waals surface area (Å²) >= 11 is 0. The van der Waals surface area contributed by atoms with E-state index in [1.165, 1.54) is 0 Å². The van der Waals surface area contributed by atoms with Crippen LogP contribution in [0.3, 0.4) is 0 Å². The van der Waals surface area contributed by atoms with Gasteiger partial charge >= 0.3 is 0 Å². The van der Waals surface area contributed by atoms with Gasteiger partial charge in [-0.05, 0) is 54.6 Å². The zero-order valence-electron chi connectivity index (χ0n) is 17.1. The molecular formula is C22H25N5O3S. The van der Waals surface area contributed by atoms with Crippen LogP contribution in [0.4, 0.5) is 0 Å². The lowest BCUT2D eigenvalue weighted by Crippen LogP contribution is -2.33. The van der Waals surface area contributed by atoms with E-state index in [1.807, 2.05) is 0 Å². The molecule has 2 aliphatic heterocycles. The first-order chi connectivity index (χ1) is 15.0. The molecular weight excluding hydrogens is 414 g/mol. The Morgan fingerprint density at radius 1 is 1.16 bits per heavy atom. The number of rotatable bonds is 5. The van der Waals surface area contributed by atoms with Crippen LogP contribution < -0.4 is 10.6 Å². The van der Waals surface area contributed by atoms with Crippen molar-refractivity contribution in [2.45, 2.75) is 24.3 Å². The van der Waals surface area contributed by atoms with Crippen molar-refractivity contribution in [3.8, 4) is 0 Å². The predicted octanol–water partition coefficient (Wildman–Crippen LogP) is 1.64. The third kappa shape index (κ3) is 3.84. The number of sulfonamides is 1. The van der Waals surface area contributed by atoms with Gasteiger partial charge in [0.2, 0.25) is 10.0 Å². The van der Waals surface area contributed by atoms with Gasteiger partial charge in [-0.15, -0.1) is 0 Å². The summed E-state index contributed by atoms with van der Waals surface area (Å²) in [5, 5.41) is 6.23. The zero-order valence-corrected chi connectivity index (χ0v) is 17.9. The summed E-state index contributed by atoms with van der Waals surface area (Å²) in [6.45, 7) is 3.33. The summed E-state index contributed by atoms with van der Waals surface area (Å²) < 4.78 is 29.5. The molecule has 1 atom stereocenters. The molecule has 0 saturated carbocycles. The molecule has 2 aliphatic rings. The number of pyridine rings is 1. The third-order valence-electron chi connectivity index (χ3n) is 6.40. The molecule has 1 spiro atoms. The summed E-state index contributed by atoms with van der Waals surface area (Å²) in [6, 6.07) is 10.3. The van der Waals surface area contributed by atoms with Crippen molar-refractivity contribution in [3.05, 3.63) is 66.1 Å². The zero-order chi connectivity index (χ0) is 21.5. The Balaban J connectivity index is 1.23. The lowest BCUT2D eigenvalue weighted by atomic mass is 9.87. The van der Waals surface area contributed by atoms with Crippen molar-refractivity contribution in [1.82, 2.24) is 24.3 Å². The highest BCUT2D eigenvalue weighted by Gasteiger charge is 2.44. The highest BCUT2D eigenvalue weighted by molar-refractivity contribution is 7.89. The SMILES string of the molecule is O=C(NCc1ccc(S(=O)(=O)N2CCC3(CCNC3)C2)cc1)c1ccc2nccn2c1. The molecule has 2 fully saturated rings. The number of benzene rings is 1. The fourth-order valence-corrected chi connectivity index (χ4v) is 6.06. The topological polar surface area (TPSA) is 95.8 Å². The van der Waals surface area contributed by atoms with Crippen molar-refractivity contribution >= 4 is 21.6 Å². The first-order valence-corrected chi connectivity index (χ1v) is 11.9. The number of aromatic nitrogens is 2. The predicted molar refractivity (Wildman–Crippen MR) is 116 cm³/mol. The van der Waals surface area contributed by atoms with Gasteiger partial charge in [0.05, 0.1) is 10.5 Å². The Bertz CT molecular complexity index is 1210. The first kappa shape index (κ1) is 20.2. The maximum Gasteiger partial charge on any atom is 0.253 e. The molecule has 9 heteroatoms. The molecule has 1 aromatic carbocycles. The van der Waals surface area contributed by atoms with Crippen LogP contribution in [0, 0.1) is 5.41 Å². The van der Waals surface area contributed by atoms with Gasteiger partial charge < -0.3 is 15.0 Å². The van der Waals surface area contributed by atoms with Crippen LogP contribution in [0.1, 0.15) is 28.8 Å². The molecule has 2 saturated heterocycles. The Labute approximate surface area is 181 Å². The summed E-state index contributed by atoms with van der Waals surface area (Å²) in [6.07, 6.45) is 7.14. The number of hydrogen-bond acceptors (Lipinski definition) is 5. The summed E-state index contributed by atoms with van der Waals surface area (Å²) in [7, 11) is -3.50. The van der Waals surface area contributed by atoms with Crippen molar-refractivity contribution in [2.24, 2.45) is 5.41 Å². The quantitative estimate of drug-likeness (QED) is 0.630. The number of nitrogens with zero attached hydrogens (tertiary/aromatic N) is 3. The fraction of sp³-hybridized carbons (Fsp3) is 0.364. The van der Waals surface area contributed by atoms with Crippen molar-refractivity contribution in [3.63, 3.8) is 0 Å². The van der Waals surface area contributed by atoms with Gasteiger partial charge in [-0.2, -0.15) is 4.31 Å². The number of imidazole rings is 1. The van der Waals surface area contributed by atoms with Gasteiger partial charge in [0.1, 0.15) is 5.65 Å². The molecule has 0 radical (unpaired) electrons. The van der Waals surface area contributed by atoms with Crippen LogP contribution in [-0.4, -0.2) is 54.2 Å². The van der Waals surface area contributed by atoms with Gasteiger partial charge in [0, 0.05) is 44.8 Å². The van der Waals surface area contributed by atoms with E-state index in [-0.39, 0.29) is 11.3 Å². The standard InChI is InChI=1S/C22H25N5O3S/c28-21(18-3-6-20-24-10-12-26(20)14-18)25-13-17-1-4-19(5-2-17)31(29,30)27-11-8-22(16-27)7-9-23-15-22/h1-6,10,12,14,23H,7-9,11,13,15-16H2,(H,25,28). The van der Waals surface area contributed by atoms with Crippen molar-refractivity contribution in [1.29, 1.82) is 0 Å². The largest absolute Gasteiger partial charge is 0.348 e. The van der Waals surface area contributed by atoms with Crippen molar-refractivity contribution < 1.29 is 13.2 Å². The van der Waals surface area contributed by atoms with Gasteiger partial charge in [-0.25, -0.2) is 13.4 Å². The van der Waals surface area contributed by atoms with Crippen LogP contribution in [0.5, 0.6) is 0 Å². The lowest BCUT2D eigenvalue weighted by Gasteiger charge is -2.22. The van der Waals surface area contributed by atoms with E-state index in [2.05, 4.69) is 15.6 Å². The number of fused-ring (bicyclic) bond motifs is 1. The van der Waals surface area contributed by atoms with E-state index < -0.39 is 10.0 Å². The van der Waals surface area contributed by atoms with Gasteiger partial charge in [-0.1, -0.05) is 12.1 Å². The number of carbonyl (C=O) groups is 1. The average molecular weight is 440 g/mol. The Morgan fingerprint density at radius 2 is 2.00 bits per heavy atom. The van der Waals surface area contributed by atoms with E-state index in [0.29, 0.717) is 30.1 Å². The van der Waals surface area contributed by atoms with E-state index in [9.17, 15) is 13.2 Å². The fourth-order valence-electron chi connectivity index (χ4n) is 4.51. The normalized spacial score (nSPS) is 21.8. The summed E-state index contributed by atoms with van der Waals surface area (Å²) in [5.74, 6) is -0.195. The second kappa shape index (κ2) is 7.74. The molecule has 162 valence electrons. The number of carbonyl (C=O) groups excluding carboxylic acids is 1. The van der Waals surface area contributed by atoms with Gasteiger partial charge in [-0.3, -0.25) is 4.79 Å². The first-order valence-electron chi connectivity index (χ1n) is 10.5. The molecule has 0 bridgehead atoms. The summed E-state index contributed by atoms with van der Waals surface area (Å²) in [5.41, 5.74) is 2.25. The van der Waals surface area contributed by atoms with E-state index in [1.54, 1.807) is 63.7 Å². The maximum atomic E-state index is 13.1. The average Bonchev–Trinajstić information content (AvgIpc) is 3.54. The minimum atomic E-state index is -3.50. The second-order valence-electron chi connectivity index (χ2n) is 8.45. The van der Waals surface area contributed by atoms with Crippen LogP contribution in [0.25, 0.3) is 5.65 Å². The van der Waals surface area contributed by atoms with Crippen LogP contribution in [0.2, 0.25) is 0 Å². The molecule has 1 amide bonds. The Morgan fingerprint density at radius 3 is 2.77 bits per heavy atom. The molecule has 1 unspecified atom stereocenters. The van der Waals surface area contributed by atoms with Crippen molar-refractivity contribution in [2.75, 3.05) is 26.2 Å². The lowest BCUT2D eigenvalue weighted by molar-refractivity contribution is 0.0950. The van der Waals surface area contributed by atoms with E-state index in [0.717, 1.165) is 37.1 Å². The second-order valence-corrected chi connectivity index (χ2v) is 10.4. The third-order valence-corrected chi connectivity index (χ3v) is 8.26. The molecule has 5 rings (SSSR count). The molecule has 31 heavy (non-hydrogen) atoms. The van der Waals surface area contributed by atoms with Gasteiger partial charge in [0.15, 0.2) is 0 Å². The molecule has 2 aromatic heterocycles. The van der Waals surface area contributed by atoms with E-state index in [4.69, 9.17) is 0 Å². The van der Waals surface area contributed by atoms with Gasteiger partial charge in [0.25, 0.3) is 5.91 Å². The molecule has 4 heterocycles.